The second-order valence-electron chi connectivity index (χ2n) is 8.81. The van der Waals surface area contributed by atoms with Gasteiger partial charge in [0.25, 0.3) is 0 Å². The maximum Gasteiger partial charge on any atom is 0.226 e. The van der Waals surface area contributed by atoms with Crippen molar-refractivity contribution >= 4 is 5.91 Å². The lowest BCUT2D eigenvalue weighted by atomic mass is 9.95. The van der Waals surface area contributed by atoms with Crippen molar-refractivity contribution in [3.8, 4) is 0 Å². The van der Waals surface area contributed by atoms with Gasteiger partial charge in [-0.2, -0.15) is 0 Å². The van der Waals surface area contributed by atoms with Gasteiger partial charge in [-0.1, -0.05) is 70.4 Å². The van der Waals surface area contributed by atoms with Crippen LogP contribution in [0, 0.1) is 18.8 Å². The normalized spacial score (nSPS) is 13.5. The topological polar surface area (TPSA) is 25.2 Å². The number of benzene rings is 1. The van der Waals surface area contributed by atoms with E-state index >= 15 is 0 Å². The number of hydrogen-bond acceptors (Lipinski definition) is 1. The van der Waals surface area contributed by atoms with Crippen molar-refractivity contribution in [2.24, 2.45) is 11.8 Å². The van der Waals surface area contributed by atoms with Crippen molar-refractivity contribution in [2.75, 3.05) is 0 Å². The van der Waals surface area contributed by atoms with E-state index in [0.29, 0.717) is 18.4 Å². The zero-order chi connectivity index (χ0) is 21.4. The number of aromatic nitrogens is 1. The number of amides is 1. The van der Waals surface area contributed by atoms with Crippen LogP contribution in [0.5, 0.6) is 0 Å². The van der Waals surface area contributed by atoms with E-state index in [1.165, 1.54) is 16.8 Å². The van der Waals surface area contributed by atoms with Gasteiger partial charge in [0, 0.05) is 30.4 Å². The molecule has 160 valence electrons. The average molecular weight is 397 g/mol. The minimum absolute atomic E-state index is 0.135. The molecule has 0 aliphatic heterocycles. The molecule has 0 bridgehead atoms. The molecular formula is C26H40N2O. The third-order valence-electron chi connectivity index (χ3n) is 6.18. The molecule has 1 heterocycles. The lowest BCUT2D eigenvalue weighted by molar-refractivity contribution is -0.139. The van der Waals surface area contributed by atoms with E-state index in [1.54, 1.807) is 0 Å². The Morgan fingerprint density at radius 1 is 1.10 bits per heavy atom. The number of carbonyl (C=O) groups excluding carboxylic acids is 1. The summed E-state index contributed by atoms with van der Waals surface area (Å²) >= 11 is 0. The van der Waals surface area contributed by atoms with Crippen molar-refractivity contribution < 1.29 is 4.79 Å². The highest BCUT2D eigenvalue weighted by atomic mass is 16.2. The van der Waals surface area contributed by atoms with Gasteiger partial charge in [0.2, 0.25) is 5.91 Å². The summed E-state index contributed by atoms with van der Waals surface area (Å²) in [4.78, 5) is 15.6. The van der Waals surface area contributed by atoms with Crippen LogP contribution < -0.4 is 0 Å². The van der Waals surface area contributed by atoms with E-state index in [2.05, 4.69) is 93.6 Å². The third-order valence-corrected chi connectivity index (χ3v) is 6.18. The summed E-state index contributed by atoms with van der Waals surface area (Å²) in [5, 5.41) is 0. The fourth-order valence-corrected chi connectivity index (χ4v) is 3.90. The van der Waals surface area contributed by atoms with E-state index in [4.69, 9.17) is 0 Å². The number of unbranched alkanes of at least 4 members (excludes halogenated alkanes) is 1. The summed E-state index contributed by atoms with van der Waals surface area (Å²) in [6, 6.07) is 13.1. The number of hydrogen-bond donors (Lipinski definition) is 0. The summed E-state index contributed by atoms with van der Waals surface area (Å²) in [7, 11) is 0. The van der Waals surface area contributed by atoms with Crippen LogP contribution in [0.25, 0.3) is 0 Å². The van der Waals surface area contributed by atoms with Crippen LogP contribution in [0.4, 0.5) is 0 Å². The number of aryl methyl sites for hydroxylation is 1. The van der Waals surface area contributed by atoms with Gasteiger partial charge in [-0.25, -0.2) is 0 Å². The Balaban J connectivity index is 2.23. The van der Waals surface area contributed by atoms with Crippen LogP contribution in [0.2, 0.25) is 0 Å². The minimum Gasteiger partial charge on any atom is -0.345 e. The van der Waals surface area contributed by atoms with Gasteiger partial charge >= 0.3 is 0 Å². The molecule has 2 aromatic rings. The molecule has 1 amide bonds. The highest BCUT2D eigenvalue weighted by Crippen LogP contribution is 2.23. The van der Waals surface area contributed by atoms with Crippen LogP contribution in [0.1, 0.15) is 77.1 Å². The zero-order valence-corrected chi connectivity index (χ0v) is 19.3. The summed E-state index contributed by atoms with van der Waals surface area (Å²) in [6.45, 7) is 14.6. The van der Waals surface area contributed by atoms with Gasteiger partial charge in [-0.15, -0.1) is 0 Å². The predicted octanol–water partition coefficient (Wildman–Crippen LogP) is 6.43. The van der Waals surface area contributed by atoms with E-state index < -0.39 is 0 Å². The van der Waals surface area contributed by atoms with Crippen molar-refractivity contribution in [1.82, 2.24) is 9.47 Å². The average Bonchev–Trinajstić information content (AvgIpc) is 3.12. The first-order valence-electron chi connectivity index (χ1n) is 11.4. The molecule has 0 saturated carbocycles. The molecule has 0 aliphatic carbocycles. The van der Waals surface area contributed by atoms with Crippen molar-refractivity contribution in [3.05, 3.63) is 59.4 Å². The fourth-order valence-electron chi connectivity index (χ4n) is 3.90. The van der Waals surface area contributed by atoms with Gasteiger partial charge in [0.15, 0.2) is 0 Å². The second kappa shape index (κ2) is 11.2. The van der Waals surface area contributed by atoms with Gasteiger partial charge in [0.05, 0.1) is 6.54 Å². The molecule has 0 saturated heterocycles. The van der Waals surface area contributed by atoms with Crippen LogP contribution in [-0.2, 0) is 17.9 Å². The molecule has 2 rings (SSSR count). The molecule has 2 atom stereocenters. The maximum absolute atomic E-state index is 13.5. The standard InChI is InChI=1S/C26H40N2O/c1-7-9-14-24(8-2)26(29)28(22(6)20(3)4)19-25-15-11-16-27(25)18-23-13-10-12-21(5)17-23/h10-13,15-17,20,22,24H,7-9,14,18-19H2,1-6H3/t22-,24+/m0/s1. The first kappa shape index (κ1) is 23.3. The molecule has 29 heavy (non-hydrogen) atoms. The molecule has 0 spiro atoms. The minimum atomic E-state index is 0.135. The summed E-state index contributed by atoms with van der Waals surface area (Å²) in [5.74, 6) is 0.893. The molecule has 0 aliphatic rings. The predicted molar refractivity (Wildman–Crippen MR) is 123 cm³/mol. The maximum atomic E-state index is 13.5. The fraction of sp³-hybridized carbons (Fsp3) is 0.577. The van der Waals surface area contributed by atoms with E-state index in [0.717, 1.165) is 32.2 Å². The van der Waals surface area contributed by atoms with E-state index in [1.807, 2.05) is 0 Å². The second-order valence-corrected chi connectivity index (χ2v) is 8.81. The Morgan fingerprint density at radius 2 is 1.86 bits per heavy atom. The summed E-state index contributed by atoms with van der Waals surface area (Å²) < 4.78 is 2.29. The molecule has 3 heteroatoms. The molecule has 3 nitrogen and oxygen atoms in total. The zero-order valence-electron chi connectivity index (χ0n) is 19.3. The van der Waals surface area contributed by atoms with Crippen molar-refractivity contribution in [3.63, 3.8) is 0 Å². The molecule has 0 N–H and O–H groups in total. The number of rotatable bonds is 11. The number of nitrogens with zero attached hydrogens (tertiary/aromatic N) is 2. The van der Waals surface area contributed by atoms with E-state index in [-0.39, 0.29) is 12.0 Å². The Morgan fingerprint density at radius 3 is 2.48 bits per heavy atom. The number of carbonyl (C=O) groups is 1. The quantitative estimate of drug-likeness (QED) is 0.429. The van der Waals surface area contributed by atoms with Crippen LogP contribution in [-0.4, -0.2) is 21.4 Å². The lowest BCUT2D eigenvalue weighted by Gasteiger charge is -2.35. The molecule has 0 fully saturated rings. The van der Waals surface area contributed by atoms with Crippen LogP contribution in [0.15, 0.2) is 42.6 Å². The van der Waals surface area contributed by atoms with Gasteiger partial charge in [-0.05, 0) is 50.3 Å². The molecule has 1 aromatic heterocycles. The first-order valence-corrected chi connectivity index (χ1v) is 11.4. The summed E-state index contributed by atoms with van der Waals surface area (Å²) in [5.41, 5.74) is 3.78. The smallest absolute Gasteiger partial charge is 0.226 e. The molecule has 1 aromatic carbocycles. The van der Waals surface area contributed by atoms with Crippen molar-refractivity contribution in [1.29, 1.82) is 0 Å². The van der Waals surface area contributed by atoms with Gasteiger partial charge < -0.3 is 9.47 Å². The monoisotopic (exact) mass is 396 g/mol. The Labute approximate surface area is 178 Å². The third kappa shape index (κ3) is 6.48. The lowest BCUT2D eigenvalue weighted by Crippen LogP contribution is -2.44. The van der Waals surface area contributed by atoms with Crippen LogP contribution in [0.3, 0.4) is 0 Å². The molecular weight excluding hydrogens is 356 g/mol. The van der Waals surface area contributed by atoms with Gasteiger partial charge in [0.1, 0.15) is 0 Å². The van der Waals surface area contributed by atoms with E-state index in [9.17, 15) is 4.79 Å². The highest BCUT2D eigenvalue weighted by Gasteiger charge is 2.28. The molecule has 0 radical (unpaired) electrons. The Hall–Kier alpha value is -2.03. The summed E-state index contributed by atoms with van der Waals surface area (Å²) in [6.07, 6.45) is 6.32. The Bertz CT molecular complexity index is 762. The van der Waals surface area contributed by atoms with Gasteiger partial charge in [-0.3, -0.25) is 4.79 Å². The highest BCUT2D eigenvalue weighted by molar-refractivity contribution is 5.79. The Kier molecular flexibility index (Phi) is 9.00. The van der Waals surface area contributed by atoms with Crippen LogP contribution >= 0.6 is 0 Å². The molecule has 0 unspecified atom stereocenters. The SMILES string of the molecule is CCCC[C@@H](CC)C(=O)N(Cc1cccn1Cc1cccc(C)c1)[C@@H](C)C(C)C. The first-order chi connectivity index (χ1) is 13.9. The van der Waals surface area contributed by atoms with Crippen molar-refractivity contribution in [2.45, 2.75) is 86.4 Å². The largest absolute Gasteiger partial charge is 0.345 e.